The third kappa shape index (κ3) is 6.55. The van der Waals surface area contributed by atoms with Crippen molar-refractivity contribution in [2.45, 2.75) is 44.4 Å². The first-order chi connectivity index (χ1) is 34.6. The molecule has 0 atom stereocenters. The summed E-state index contributed by atoms with van der Waals surface area (Å²) in [7, 11) is 0. The fourth-order valence-electron chi connectivity index (χ4n) is 13.9. The van der Waals surface area contributed by atoms with Crippen molar-refractivity contribution in [2.75, 3.05) is 16.5 Å². The second-order valence-corrected chi connectivity index (χ2v) is 20.5. The Bertz CT molecular complexity index is 3510. The lowest BCUT2D eigenvalue weighted by Crippen LogP contribution is -2.56. The molecular weight excluding hydrogens is 853 g/mol. The van der Waals surface area contributed by atoms with Gasteiger partial charge in [0.1, 0.15) is 24.0 Å². The number of hydrogen-bond donors (Lipinski definition) is 0. The molecule has 0 amide bonds. The molecule has 0 radical (unpaired) electrons. The normalized spacial score (nSPS) is 21.2. The van der Waals surface area contributed by atoms with Gasteiger partial charge in [-0.05, 0) is 140 Å². The number of hydrogen-bond acceptors (Lipinski definition) is 4. The number of aryl methyl sites for hydroxylation is 1. The van der Waals surface area contributed by atoms with Crippen LogP contribution in [-0.4, -0.2) is 16.2 Å². The van der Waals surface area contributed by atoms with Crippen LogP contribution in [0.2, 0.25) is 0 Å². The van der Waals surface area contributed by atoms with Gasteiger partial charge in [0.2, 0.25) is 0 Å². The zero-order valence-corrected chi connectivity index (χ0v) is 39.5. The van der Waals surface area contributed by atoms with Crippen LogP contribution in [0.3, 0.4) is 0 Å². The van der Waals surface area contributed by atoms with Crippen molar-refractivity contribution in [2.24, 2.45) is 23.7 Å². The molecular formula is C65H54N4O. The number of nitrogens with zero attached hydrogens (tertiary/aromatic N) is 4. The maximum Gasteiger partial charge on any atom is 0.137 e. The van der Waals surface area contributed by atoms with Crippen LogP contribution < -0.4 is 14.5 Å². The molecule has 70 heavy (non-hydrogen) atoms. The molecule has 2 aromatic heterocycles. The van der Waals surface area contributed by atoms with Gasteiger partial charge in [0.05, 0.1) is 28.1 Å². The Balaban J connectivity index is 0.834. The quantitative estimate of drug-likeness (QED) is 0.144. The Morgan fingerprint density at radius 1 is 0.486 bits per heavy atom. The first kappa shape index (κ1) is 41.1. The Labute approximate surface area is 410 Å². The fourth-order valence-corrected chi connectivity index (χ4v) is 13.9. The maximum atomic E-state index is 6.92. The summed E-state index contributed by atoms with van der Waals surface area (Å²) in [6.07, 6.45) is 8.83. The van der Waals surface area contributed by atoms with E-state index >= 15 is 0 Å². The van der Waals surface area contributed by atoms with Crippen molar-refractivity contribution < 1.29 is 4.74 Å². The van der Waals surface area contributed by atoms with Crippen molar-refractivity contribution in [3.63, 3.8) is 0 Å². The van der Waals surface area contributed by atoms with Gasteiger partial charge in [-0.1, -0.05) is 145 Å². The lowest BCUT2D eigenvalue weighted by molar-refractivity contribution is -0.0418. The van der Waals surface area contributed by atoms with E-state index in [1.54, 1.807) is 0 Å². The number of anilines is 4. The lowest BCUT2D eigenvalue weighted by atomic mass is 9.42. The van der Waals surface area contributed by atoms with Crippen LogP contribution in [0.15, 0.2) is 212 Å². The molecule has 340 valence electrons. The summed E-state index contributed by atoms with van der Waals surface area (Å²) in [5.74, 6) is 5.56. The van der Waals surface area contributed by atoms with Crippen molar-refractivity contribution in [3.8, 4) is 39.6 Å². The summed E-state index contributed by atoms with van der Waals surface area (Å²) >= 11 is 0. The van der Waals surface area contributed by atoms with Crippen LogP contribution in [0.1, 0.15) is 48.8 Å². The average molecular weight is 907 g/mol. The minimum atomic E-state index is -0.0147. The zero-order chi connectivity index (χ0) is 46.3. The predicted molar refractivity (Wildman–Crippen MR) is 287 cm³/mol. The minimum absolute atomic E-state index is 0.0147. The second-order valence-electron chi connectivity index (χ2n) is 20.5. The Kier molecular flexibility index (Phi) is 9.62. The summed E-state index contributed by atoms with van der Waals surface area (Å²) in [4.78, 5) is 10.1. The number of para-hydroxylation sites is 4. The number of rotatable bonds is 9. The van der Waals surface area contributed by atoms with Crippen molar-refractivity contribution in [3.05, 3.63) is 229 Å². The molecule has 4 bridgehead atoms. The van der Waals surface area contributed by atoms with E-state index in [4.69, 9.17) is 9.72 Å². The molecule has 0 spiro atoms. The van der Waals surface area contributed by atoms with Gasteiger partial charge in [0, 0.05) is 51.3 Å². The van der Waals surface area contributed by atoms with E-state index in [9.17, 15) is 0 Å². The second kappa shape index (κ2) is 16.4. The topological polar surface area (TPSA) is 33.5 Å². The zero-order valence-electron chi connectivity index (χ0n) is 39.5. The molecule has 5 nitrogen and oxygen atoms in total. The molecule has 0 saturated heterocycles. The van der Waals surface area contributed by atoms with Gasteiger partial charge in [-0.25, -0.2) is 4.98 Å². The van der Waals surface area contributed by atoms with Gasteiger partial charge < -0.3 is 14.5 Å². The van der Waals surface area contributed by atoms with Crippen LogP contribution >= 0.6 is 0 Å². The molecule has 1 aliphatic heterocycles. The number of benzene rings is 8. The van der Waals surface area contributed by atoms with Gasteiger partial charge in [0.15, 0.2) is 0 Å². The van der Waals surface area contributed by atoms with E-state index in [1.807, 2.05) is 0 Å². The van der Waals surface area contributed by atoms with E-state index in [-0.39, 0.29) is 5.41 Å². The van der Waals surface area contributed by atoms with E-state index in [2.05, 4.69) is 234 Å². The third-order valence-electron chi connectivity index (χ3n) is 16.6. The third-order valence-corrected chi connectivity index (χ3v) is 16.6. The summed E-state index contributed by atoms with van der Waals surface area (Å²) in [5.41, 5.74) is 15.8. The highest BCUT2D eigenvalue weighted by Crippen LogP contribution is 2.65. The highest BCUT2D eigenvalue weighted by atomic mass is 16.5. The van der Waals surface area contributed by atoms with Crippen molar-refractivity contribution >= 4 is 44.6 Å². The number of fused-ring (bicyclic) bond motifs is 4. The van der Waals surface area contributed by atoms with E-state index in [1.165, 1.54) is 93.2 Å². The molecule has 10 aromatic rings. The monoisotopic (exact) mass is 906 g/mol. The standard InChI is InChI=1S/C65H54N4O/c1-43-26-28-48(29-27-43)65(50-35-44-34-45(37-50)38-51(65)36-44)49-32-33-66-63(39-49)69-59-23-9-8-20-57(59)58-31-30-54(41-62(58)69)70-53-19-12-18-52(40-53)67-42-68(61-25-11-10-24-60(61)67)64-55(46-14-4-2-5-15-46)21-13-22-56(64)47-16-6-3-7-17-47/h2-33,39-41,44-45,50-51H,34-38,42H2,1H3. The summed E-state index contributed by atoms with van der Waals surface area (Å²) < 4.78 is 9.30. The molecule has 15 rings (SSSR count). The van der Waals surface area contributed by atoms with E-state index in [0.29, 0.717) is 18.5 Å². The first-order valence-corrected chi connectivity index (χ1v) is 25.3. The van der Waals surface area contributed by atoms with Crippen LogP contribution in [0.5, 0.6) is 11.5 Å². The van der Waals surface area contributed by atoms with Gasteiger partial charge in [0.25, 0.3) is 0 Å². The Morgan fingerprint density at radius 3 is 1.81 bits per heavy atom. The van der Waals surface area contributed by atoms with E-state index < -0.39 is 0 Å². The molecule has 0 N–H and O–H groups in total. The van der Waals surface area contributed by atoms with Crippen LogP contribution in [0, 0.1) is 30.6 Å². The molecule has 8 aromatic carbocycles. The molecule has 3 heterocycles. The highest BCUT2D eigenvalue weighted by molar-refractivity contribution is 6.09. The minimum Gasteiger partial charge on any atom is -0.457 e. The van der Waals surface area contributed by atoms with Crippen molar-refractivity contribution in [1.82, 2.24) is 9.55 Å². The maximum absolute atomic E-state index is 6.92. The molecule has 5 aliphatic rings. The van der Waals surface area contributed by atoms with E-state index in [0.717, 1.165) is 51.6 Å². The van der Waals surface area contributed by atoms with Crippen LogP contribution in [0.25, 0.3) is 49.9 Å². The number of pyridine rings is 1. The summed E-state index contributed by atoms with van der Waals surface area (Å²) in [6.45, 7) is 2.85. The molecule has 4 saturated carbocycles. The van der Waals surface area contributed by atoms with Gasteiger partial charge in [-0.2, -0.15) is 0 Å². The predicted octanol–water partition coefficient (Wildman–Crippen LogP) is 16.6. The smallest absolute Gasteiger partial charge is 0.137 e. The van der Waals surface area contributed by atoms with Gasteiger partial charge in [-0.3, -0.25) is 4.57 Å². The van der Waals surface area contributed by atoms with Crippen LogP contribution in [-0.2, 0) is 5.41 Å². The first-order valence-electron chi connectivity index (χ1n) is 25.3. The lowest BCUT2D eigenvalue weighted by Gasteiger charge is -2.62. The summed E-state index contributed by atoms with van der Waals surface area (Å²) in [6, 6.07) is 75.3. The fraction of sp³-hybridized carbons (Fsp3) is 0.185. The molecule has 0 unspecified atom stereocenters. The Hall–Kier alpha value is -7.89. The van der Waals surface area contributed by atoms with Gasteiger partial charge >= 0.3 is 0 Å². The average Bonchev–Trinajstić information content (AvgIpc) is 3.95. The Morgan fingerprint density at radius 2 is 1.10 bits per heavy atom. The van der Waals surface area contributed by atoms with Crippen LogP contribution in [0.4, 0.5) is 22.7 Å². The number of aromatic nitrogens is 2. The molecule has 4 aliphatic carbocycles. The van der Waals surface area contributed by atoms with Crippen molar-refractivity contribution in [1.29, 1.82) is 0 Å². The van der Waals surface area contributed by atoms with Gasteiger partial charge in [-0.15, -0.1) is 0 Å². The number of ether oxygens (including phenoxy) is 1. The largest absolute Gasteiger partial charge is 0.457 e. The summed E-state index contributed by atoms with van der Waals surface area (Å²) in [5, 5.41) is 2.40. The highest BCUT2D eigenvalue weighted by Gasteiger charge is 2.58. The molecule has 4 fully saturated rings. The SMILES string of the molecule is Cc1ccc(C2(c3ccnc(-n4c5ccccc5c5ccc(Oc6cccc(N7CN(c8c(-c9ccccc9)cccc8-c8ccccc8)c8ccccc87)c6)cc54)c3)C3CC4CC(C3)CC2C4)cc1. The molecule has 5 heteroatoms.